The number of rotatable bonds is 7. The maximum absolute atomic E-state index is 12.5. The molecule has 1 amide bonds. The van der Waals surface area contributed by atoms with E-state index in [1.54, 1.807) is 13.0 Å². The van der Waals surface area contributed by atoms with Crippen LogP contribution in [0.25, 0.3) is 0 Å². The molecule has 0 radical (unpaired) electrons. The summed E-state index contributed by atoms with van der Waals surface area (Å²) in [7, 11) is -3.16. The number of carbonyl (C=O) groups excluding carboxylic acids is 2. The predicted molar refractivity (Wildman–Crippen MR) is 118 cm³/mol. The van der Waals surface area contributed by atoms with E-state index >= 15 is 0 Å². The van der Waals surface area contributed by atoms with Gasteiger partial charge < -0.3 is 14.5 Å². The first kappa shape index (κ1) is 24.0. The van der Waals surface area contributed by atoms with Crippen LogP contribution in [0.15, 0.2) is 18.2 Å². The molecule has 3 rings (SSSR count). The largest absolute Gasteiger partial charge is 0.452 e. The standard InChI is InChI=1S/C21H29N3O7S/c1-3-23(17-8-10-32(29,30)14-17)20(25)13-31-21(26)16-6-7-18(19(11-16)24(27)28)22-9-4-5-15(2)12-22/h6-7,11,15,17H,3-5,8-10,12-14H2,1-2H3/t15-,17-/m0/s1. The monoisotopic (exact) mass is 467 g/mol. The molecule has 1 aromatic rings. The second-order valence-corrected chi connectivity index (χ2v) is 10.7. The predicted octanol–water partition coefficient (Wildman–Crippen LogP) is 2.02. The van der Waals surface area contributed by atoms with Crippen molar-refractivity contribution in [2.75, 3.05) is 42.6 Å². The highest BCUT2D eigenvalue weighted by Crippen LogP contribution is 2.32. The lowest BCUT2D eigenvalue weighted by Gasteiger charge is -2.32. The molecule has 1 aromatic carbocycles. The van der Waals surface area contributed by atoms with Crippen LogP contribution in [0.2, 0.25) is 0 Å². The minimum absolute atomic E-state index is 0.00944. The van der Waals surface area contributed by atoms with Gasteiger partial charge in [-0.05, 0) is 44.2 Å². The summed E-state index contributed by atoms with van der Waals surface area (Å²) >= 11 is 0. The molecule has 0 saturated carbocycles. The van der Waals surface area contributed by atoms with E-state index < -0.39 is 39.3 Å². The first-order valence-electron chi connectivity index (χ1n) is 10.8. The van der Waals surface area contributed by atoms with Gasteiger partial charge in [0.05, 0.1) is 22.0 Å². The Morgan fingerprint density at radius 3 is 2.66 bits per heavy atom. The van der Waals surface area contributed by atoms with Crippen LogP contribution in [0, 0.1) is 16.0 Å². The van der Waals surface area contributed by atoms with E-state index in [1.807, 2.05) is 4.90 Å². The highest BCUT2D eigenvalue weighted by atomic mass is 32.2. The average Bonchev–Trinajstić information content (AvgIpc) is 3.11. The molecule has 0 aromatic heterocycles. The molecule has 176 valence electrons. The molecule has 2 atom stereocenters. The number of ether oxygens (including phenoxy) is 1. The van der Waals surface area contributed by atoms with Gasteiger partial charge >= 0.3 is 5.97 Å². The SMILES string of the molecule is CCN(C(=O)COC(=O)c1ccc(N2CCC[C@H](C)C2)c([N+](=O)[O-])c1)[C@H]1CCS(=O)(=O)C1. The van der Waals surface area contributed by atoms with Crippen molar-refractivity contribution in [2.24, 2.45) is 5.92 Å². The summed E-state index contributed by atoms with van der Waals surface area (Å²) in [5.41, 5.74) is 0.282. The maximum Gasteiger partial charge on any atom is 0.338 e. The van der Waals surface area contributed by atoms with Gasteiger partial charge in [-0.3, -0.25) is 14.9 Å². The molecule has 0 N–H and O–H groups in total. The van der Waals surface area contributed by atoms with Gasteiger partial charge in [-0.2, -0.15) is 0 Å². The second-order valence-electron chi connectivity index (χ2n) is 8.47. The van der Waals surface area contributed by atoms with Crippen LogP contribution in [-0.2, 0) is 19.4 Å². The summed E-state index contributed by atoms with van der Waals surface area (Å²) in [6, 6.07) is 3.78. The van der Waals surface area contributed by atoms with E-state index in [4.69, 9.17) is 4.74 Å². The number of likely N-dealkylation sites (N-methyl/N-ethyl adjacent to an activating group) is 1. The third-order valence-electron chi connectivity index (χ3n) is 6.04. The number of nitro groups is 1. The van der Waals surface area contributed by atoms with E-state index in [1.165, 1.54) is 17.0 Å². The number of amides is 1. The van der Waals surface area contributed by atoms with Crippen molar-refractivity contribution >= 4 is 33.1 Å². The molecule has 0 aliphatic carbocycles. The summed E-state index contributed by atoms with van der Waals surface area (Å²) in [4.78, 5) is 39.5. The number of nitrogens with zero attached hydrogens (tertiary/aromatic N) is 3. The van der Waals surface area contributed by atoms with Crippen molar-refractivity contribution in [3.63, 3.8) is 0 Å². The highest BCUT2D eigenvalue weighted by Gasteiger charge is 2.34. The van der Waals surface area contributed by atoms with Crippen molar-refractivity contribution in [2.45, 2.75) is 39.2 Å². The Labute approximate surface area is 187 Å². The van der Waals surface area contributed by atoms with Crippen LogP contribution in [0.1, 0.15) is 43.5 Å². The normalized spacial score (nSPS) is 22.4. The van der Waals surface area contributed by atoms with Crippen LogP contribution in [-0.4, -0.2) is 73.9 Å². The fourth-order valence-corrected chi connectivity index (χ4v) is 6.16. The van der Waals surface area contributed by atoms with Gasteiger partial charge in [0.15, 0.2) is 16.4 Å². The van der Waals surface area contributed by atoms with Crippen molar-refractivity contribution < 1.29 is 27.7 Å². The van der Waals surface area contributed by atoms with E-state index in [-0.39, 0.29) is 22.8 Å². The average molecular weight is 468 g/mol. The molecule has 10 nitrogen and oxygen atoms in total. The Morgan fingerprint density at radius 1 is 1.31 bits per heavy atom. The van der Waals surface area contributed by atoms with Gasteiger partial charge in [-0.1, -0.05) is 6.92 Å². The molecule has 0 unspecified atom stereocenters. The molecule has 2 aliphatic rings. The molecular formula is C21H29N3O7S. The Bertz CT molecular complexity index is 995. The number of carbonyl (C=O) groups is 2. The number of nitro benzene ring substituents is 1. The lowest BCUT2D eigenvalue weighted by molar-refractivity contribution is -0.384. The van der Waals surface area contributed by atoms with E-state index in [0.717, 1.165) is 12.8 Å². The van der Waals surface area contributed by atoms with E-state index in [2.05, 4.69) is 6.92 Å². The third kappa shape index (κ3) is 5.56. The molecule has 32 heavy (non-hydrogen) atoms. The molecule has 2 aliphatic heterocycles. The lowest BCUT2D eigenvalue weighted by atomic mass is 9.99. The molecule has 2 fully saturated rings. The number of hydrogen-bond donors (Lipinski definition) is 0. The topological polar surface area (TPSA) is 127 Å². The van der Waals surface area contributed by atoms with E-state index in [0.29, 0.717) is 37.7 Å². The Kier molecular flexibility index (Phi) is 7.37. The van der Waals surface area contributed by atoms with Crippen molar-refractivity contribution in [1.29, 1.82) is 0 Å². The van der Waals surface area contributed by atoms with Gasteiger partial charge in [-0.15, -0.1) is 0 Å². The first-order chi connectivity index (χ1) is 15.1. The maximum atomic E-state index is 12.5. The Morgan fingerprint density at radius 2 is 2.06 bits per heavy atom. The summed E-state index contributed by atoms with van der Waals surface area (Å²) in [5.74, 6) is -0.960. The molecular weight excluding hydrogens is 438 g/mol. The summed E-state index contributed by atoms with van der Waals surface area (Å²) in [6.07, 6.45) is 2.38. The van der Waals surface area contributed by atoms with Gasteiger partial charge in [0.2, 0.25) is 0 Å². The van der Waals surface area contributed by atoms with Crippen LogP contribution in [0.5, 0.6) is 0 Å². The number of sulfone groups is 1. The van der Waals surface area contributed by atoms with Crippen LogP contribution in [0.4, 0.5) is 11.4 Å². The number of hydrogen-bond acceptors (Lipinski definition) is 8. The zero-order valence-electron chi connectivity index (χ0n) is 18.4. The molecule has 2 heterocycles. The van der Waals surface area contributed by atoms with Crippen LogP contribution < -0.4 is 4.90 Å². The van der Waals surface area contributed by atoms with Crippen LogP contribution in [0.3, 0.4) is 0 Å². The quantitative estimate of drug-likeness (QED) is 0.339. The van der Waals surface area contributed by atoms with Gasteiger partial charge in [0.1, 0.15) is 5.69 Å². The second kappa shape index (κ2) is 9.85. The Hall–Kier alpha value is -2.69. The minimum atomic E-state index is -3.16. The van der Waals surface area contributed by atoms with Crippen molar-refractivity contribution in [3.05, 3.63) is 33.9 Å². The first-order valence-corrected chi connectivity index (χ1v) is 12.6. The summed E-state index contributed by atoms with van der Waals surface area (Å²) < 4.78 is 28.5. The lowest BCUT2D eigenvalue weighted by Crippen LogP contribution is -2.43. The molecule has 11 heteroatoms. The zero-order valence-corrected chi connectivity index (χ0v) is 19.2. The fraction of sp³-hybridized carbons (Fsp3) is 0.619. The molecule has 0 spiro atoms. The van der Waals surface area contributed by atoms with Gasteiger partial charge in [-0.25, -0.2) is 13.2 Å². The van der Waals surface area contributed by atoms with Gasteiger partial charge in [0.25, 0.3) is 11.6 Å². The smallest absolute Gasteiger partial charge is 0.338 e. The summed E-state index contributed by atoms with van der Waals surface area (Å²) in [5, 5.41) is 11.6. The zero-order chi connectivity index (χ0) is 23.5. The number of benzene rings is 1. The number of esters is 1. The third-order valence-corrected chi connectivity index (χ3v) is 7.79. The number of anilines is 1. The highest BCUT2D eigenvalue weighted by molar-refractivity contribution is 7.91. The van der Waals surface area contributed by atoms with Crippen molar-refractivity contribution in [3.8, 4) is 0 Å². The van der Waals surface area contributed by atoms with Crippen molar-refractivity contribution in [1.82, 2.24) is 4.90 Å². The number of piperidine rings is 1. The minimum Gasteiger partial charge on any atom is -0.452 e. The van der Waals surface area contributed by atoms with E-state index in [9.17, 15) is 28.1 Å². The fourth-order valence-electron chi connectivity index (χ4n) is 4.43. The molecule has 2 saturated heterocycles. The van der Waals surface area contributed by atoms with Gasteiger partial charge in [0, 0.05) is 31.7 Å². The molecule has 0 bridgehead atoms. The Balaban J connectivity index is 1.67. The summed E-state index contributed by atoms with van der Waals surface area (Å²) in [6.45, 7) is 5.00. The van der Waals surface area contributed by atoms with Crippen LogP contribution >= 0.6 is 0 Å².